The Labute approximate surface area is 192 Å². The number of carbonyl (C=O) groups is 3. The van der Waals surface area contributed by atoms with Crippen LogP contribution in [0.25, 0.3) is 0 Å². The second-order valence-corrected chi connectivity index (χ2v) is 7.11. The molecule has 2 aromatic rings. The molecule has 0 fully saturated rings. The lowest BCUT2D eigenvalue weighted by molar-refractivity contribution is 0.223. The molecule has 13 nitrogen and oxygen atoms in total. The van der Waals surface area contributed by atoms with E-state index in [0.717, 1.165) is 28.9 Å². The molecule has 180 valence electrons. The van der Waals surface area contributed by atoms with E-state index in [1.807, 2.05) is 48.5 Å². The molecule has 0 radical (unpaired) electrons. The lowest BCUT2D eigenvalue weighted by atomic mass is 10.0. The zero-order valence-electron chi connectivity index (χ0n) is 19.1. The van der Waals surface area contributed by atoms with Crippen molar-refractivity contribution in [2.75, 3.05) is 38.8 Å². The number of carbonyl (C=O) groups excluding carboxylic acids is 3. The molecular formula is C20H32N10O3. The maximum Gasteiger partial charge on any atom is 0.343 e. The maximum atomic E-state index is 11.7. The predicted molar refractivity (Wildman–Crippen MR) is 127 cm³/mol. The summed E-state index contributed by atoms with van der Waals surface area (Å²) in [6.07, 6.45) is 0.758. The van der Waals surface area contributed by atoms with Gasteiger partial charge in [-0.3, -0.25) is 21.7 Å². The van der Waals surface area contributed by atoms with Gasteiger partial charge in [0.1, 0.15) is 0 Å². The summed E-state index contributed by atoms with van der Waals surface area (Å²) in [5.74, 6) is 9.08. The first-order chi connectivity index (χ1) is 15.6. The predicted octanol–water partition coefficient (Wildman–Crippen LogP) is 0.507. The van der Waals surface area contributed by atoms with Crippen LogP contribution in [0.3, 0.4) is 0 Å². The fourth-order valence-corrected chi connectivity index (χ4v) is 2.41. The van der Waals surface area contributed by atoms with Crippen LogP contribution in [0.4, 0.5) is 25.8 Å². The van der Waals surface area contributed by atoms with Crippen molar-refractivity contribution in [2.45, 2.75) is 6.42 Å². The molecule has 13 heteroatoms. The van der Waals surface area contributed by atoms with E-state index in [0.29, 0.717) is 0 Å². The van der Waals surface area contributed by atoms with Gasteiger partial charge < -0.3 is 10.6 Å². The van der Waals surface area contributed by atoms with Crippen molar-refractivity contribution in [1.82, 2.24) is 31.7 Å². The van der Waals surface area contributed by atoms with Gasteiger partial charge in [0.25, 0.3) is 0 Å². The molecule has 0 aliphatic heterocycles. The zero-order valence-corrected chi connectivity index (χ0v) is 19.1. The average molecular weight is 461 g/mol. The summed E-state index contributed by atoms with van der Waals surface area (Å²) in [6.45, 7) is 0. The Kier molecular flexibility index (Phi) is 11.7. The van der Waals surface area contributed by atoms with Crippen LogP contribution in [0.1, 0.15) is 11.1 Å². The molecule has 0 aromatic heterocycles. The Balaban J connectivity index is 0.000000801. The van der Waals surface area contributed by atoms with E-state index < -0.39 is 6.03 Å². The third-order valence-electron chi connectivity index (χ3n) is 3.74. The Morgan fingerprint density at radius 3 is 1.21 bits per heavy atom. The molecule has 0 aliphatic carbocycles. The van der Waals surface area contributed by atoms with Gasteiger partial charge in [0, 0.05) is 39.6 Å². The smallest absolute Gasteiger partial charge is 0.307 e. The first-order valence-electron chi connectivity index (χ1n) is 9.78. The number of rotatable bonds is 6. The molecule has 0 atom stereocenters. The minimum absolute atomic E-state index is 0.283. The molecule has 6 amide bonds. The number of hydrogen-bond donors (Lipinski definition) is 8. The maximum absolute atomic E-state index is 11.7. The van der Waals surface area contributed by atoms with Crippen molar-refractivity contribution in [3.05, 3.63) is 59.7 Å². The average Bonchev–Trinajstić information content (AvgIpc) is 2.75. The molecule has 2 rings (SSSR count). The van der Waals surface area contributed by atoms with Gasteiger partial charge in [0.15, 0.2) is 0 Å². The summed E-state index contributed by atoms with van der Waals surface area (Å²) in [5.41, 5.74) is 12.4. The molecule has 0 heterocycles. The Morgan fingerprint density at radius 1 is 0.636 bits per heavy atom. The van der Waals surface area contributed by atoms with E-state index in [2.05, 4.69) is 33.2 Å². The van der Waals surface area contributed by atoms with Crippen molar-refractivity contribution in [1.29, 1.82) is 0 Å². The van der Waals surface area contributed by atoms with E-state index in [1.165, 1.54) is 0 Å². The van der Waals surface area contributed by atoms with Crippen molar-refractivity contribution in [2.24, 2.45) is 11.7 Å². The topological polar surface area (TPSA) is 182 Å². The number of benzene rings is 2. The molecule has 0 unspecified atom stereocenters. The monoisotopic (exact) mass is 460 g/mol. The zero-order chi connectivity index (χ0) is 24.8. The van der Waals surface area contributed by atoms with Crippen LogP contribution in [-0.2, 0) is 6.42 Å². The van der Waals surface area contributed by atoms with Crippen LogP contribution in [0.2, 0.25) is 0 Å². The lowest BCUT2D eigenvalue weighted by Crippen LogP contribution is -2.43. The normalized spacial score (nSPS) is 9.94. The van der Waals surface area contributed by atoms with E-state index in [-0.39, 0.29) is 12.1 Å². The largest absolute Gasteiger partial charge is 0.343 e. The standard InChI is InChI=1S/C19H26N6O2.CH6N4O/c1-24(2)22-18(26)20-16-9-5-14(6-10-16)13-15-7-11-17(12-8-15)21-19(27)23-25(3)4;2-4-1(6)5-3/h5-12H,13H2,1-4H3,(H2,20,22,26)(H2,21,23,27);2-3H2,(H2,4,5,6). The highest BCUT2D eigenvalue weighted by molar-refractivity contribution is 5.89. The first-order valence-corrected chi connectivity index (χ1v) is 9.78. The Hall–Kier alpha value is -3.91. The van der Waals surface area contributed by atoms with Gasteiger partial charge in [-0.05, 0) is 41.8 Å². The van der Waals surface area contributed by atoms with Crippen molar-refractivity contribution in [3.63, 3.8) is 0 Å². The van der Waals surface area contributed by atoms with E-state index in [9.17, 15) is 14.4 Å². The number of hydrazine groups is 4. The number of anilines is 2. The van der Waals surface area contributed by atoms with E-state index in [1.54, 1.807) is 49.1 Å². The van der Waals surface area contributed by atoms with Crippen LogP contribution in [0.5, 0.6) is 0 Å². The summed E-state index contributed by atoms with van der Waals surface area (Å²) in [4.78, 5) is 33.0. The van der Waals surface area contributed by atoms with Crippen molar-refractivity contribution >= 4 is 29.5 Å². The van der Waals surface area contributed by atoms with Crippen LogP contribution >= 0.6 is 0 Å². The van der Waals surface area contributed by atoms with Gasteiger partial charge in [0.05, 0.1) is 0 Å². The Bertz CT molecular complexity index is 814. The quantitative estimate of drug-likeness (QED) is 0.175. The number of nitrogens with one attached hydrogen (secondary N) is 6. The highest BCUT2D eigenvalue weighted by Crippen LogP contribution is 2.16. The minimum Gasteiger partial charge on any atom is -0.307 e. The highest BCUT2D eigenvalue weighted by Gasteiger charge is 2.04. The molecule has 0 saturated heterocycles. The number of nitrogens with zero attached hydrogens (tertiary/aromatic N) is 2. The van der Waals surface area contributed by atoms with Gasteiger partial charge in [-0.2, -0.15) is 0 Å². The van der Waals surface area contributed by atoms with Gasteiger partial charge in [-0.25, -0.2) is 36.1 Å². The number of nitrogens with two attached hydrogens (primary N) is 2. The van der Waals surface area contributed by atoms with Crippen LogP contribution in [0.15, 0.2) is 48.5 Å². The fraction of sp³-hybridized carbons (Fsp3) is 0.250. The van der Waals surface area contributed by atoms with Gasteiger partial charge in [-0.15, -0.1) is 0 Å². The SMILES string of the molecule is CN(C)NC(=O)Nc1ccc(Cc2ccc(NC(=O)NN(C)C)cc2)cc1.NNC(=O)NN. The van der Waals surface area contributed by atoms with Crippen molar-refractivity contribution < 1.29 is 14.4 Å². The molecule has 10 N–H and O–H groups in total. The first kappa shape index (κ1) is 27.1. The Morgan fingerprint density at radius 2 is 0.970 bits per heavy atom. The molecule has 2 aromatic carbocycles. The van der Waals surface area contributed by atoms with Gasteiger partial charge in [0.2, 0.25) is 0 Å². The summed E-state index contributed by atoms with van der Waals surface area (Å²) in [6, 6.07) is 14.2. The van der Waals surface area contributed by atoms with Crippen LogP contribution < -0.4 is 44.0 Å². The molecule has 0 saturated carbocycles. The van der Waals surface area contributed by atoms with E-state index in [4.69, 9.17) is 0 Å². The molecule has 33 heavy (non-hydrogen) atoms. The third-order valence-corrected chi connectivity index (χ3v) is 3.74. The van der Waals surface area contributed by atoms with Crippen molar-refractivity contribution in [3.8, 4) is 0 Å². The number of amides is 6. The minimum atomic E-state index is -0.602. The molecular weight excluding hydrogens is 428 g/mol. The van der Waals surface area contributed by atoms with E-state index >= 15 is 0 Å². The second-order valence-electron chi connectivity index (χ2n) is 7.11. The molecule has 0 spiro atoms. The summed E-state index contributed by atoms with van der Waals surface area (Å²) in [7, 11) is 6.99. The van der Waals surface area contributed by atoms with Gasteiger partial charge >= 0.3 is 18.1 Å². The highest BCUT2D eigenvalue weighted by atomic mass is 16.2. The fourth-order valence-electron chi connectivity index (χ4n) is 2.41. The number of urea groups is 3. The number of hydrogen-bond acceptors (Lipinski definition) is 7. The third kappa shape index (κ3) is 11.9. The van der Waals surface area contributed by atoms with Crippen LogP contribution in [0, 0.1) is 0 Å². The van der Waals surface area contributed by atoms with Gasteiger partial charge in [-0.1, -0.05) is 24.3 Å². The van der Waals surface area contributed by atoms with Crippen LogP contribution in [-0.4, -0.2) is 56.3 Å². The molecule has 0 aliphatic rings. The molecule has 0 bridgehead atoms. The second kappa shape index (κ2) is 14.2. The summed E-state index contributed by atoms with van der Waals surface area (Å²) in [5, 5.41) is 8.68. The lowest BCUT2D eigenvalue weighted by Gasteiger charge is -2.13. The summed E-state index contributed by atoms with van der Waals surface area (Å²) >= 11 is 0. The summed E-state index contributed by atoms with van der Waals surface area (Å²) < 4.78 is 0.